The maximum Gasteiger partial charge on any atom is 0.247 e. The summed E-state index contributed by atoms with van der Waals surface area (Å²) in [5.41, 5.74) is 3.35. The molecule has 0 spiro atoms. The second-order valence-electron chi connectivity index (χ2n) is 7.36. The van der Waals surface area contributed by atoms with Gasteiger partial charge in [0, 0.05) is 55.2 Å². The zero-order valence-corrected chi connectivity index (χ0v) is 17.3. The van der Waals surface area contributed by atoms with Gasteiger partial charge in [-0.2, -0.15) is 5.10 Å². The Bertz CT molecular complexity index is 1070. The van der Waals surface area contributed by atoms with E-state index in [9.17, 15) is 4.79 Å². The number of hydrogen-bond donors (Lipinski definition) is 1. The van der Waals surface area contributed by atoms with Gasteiger partial charge < -0.3 is 10.2 Å². The Kier molecular flexibility index (Phi) is 5.51. The molecule has 154 valence electrons. The highest BCUT2D eigenvalue weighted by molar-refractivity contribution is 5.92. The minimum Gasteiger partial charge on any atom is -0.330 e. The van der Waals surface area contributed by atoms with Crippen molar-refractivity contribution in [3.63, 3.8) is 0 Å². The van der Waals surface area contributed by atoms with Gasteiger partial charge in [0.15, 0.2) is 5.82 Å². The molecule has 1 fully saturated rings. The first kappa shape index (κ1) is 19.7. The fourth-order valence-electron chi connectivity index (χ4n) is 3.68. The van der Waals surface area contributed by atoms with Crippen molar-refractivity contribution in [1.29, 1.82) is 0 Å². The van der Waals surface area contributed by atoms with Gasteiger partial charge in [0.1, 0.15) is 5.69 Å². The summed E-state index contributed by atoms with van der Waals surface area (Å²) >= 11 is 0. The van der Waals surface area contributed by atoms with Gasteiger partial charge in [-0.1, -0.05) is 0 Å². The van der Waals surface area contributed by atoms with Crippen LogP contribution in [0.5, 0.6) is 0 Å². The van der Waals surface area contributed by atoms with Gasteiger partial charge in [-0.3, -0.25) is 14.5 Å². The number of carbonyl (C=O) groups excluding carboxylic acids is 1. The minimum atomic E-state index is -0.154. The predicted molar refractivity (Wildman–Crippen MR) is 113 cm³/mol. The van der Waals surface area contributed by atoms with E-state index in [1.807, 2.05) is 38.1 Å². The van der Waals surface area contributed by atoms with Crippen LogP contribution in [0.1, 0.15) is 41.5 Å². The van der Waals surface area contributed by atoms with Crippen LogP contribution in [0, 0.1) is 13.8 Å². The van der Waals surface area contributed by atoms with Crippen LogP contribution in [0.3, 0.4) is 0 Å². The minimum absolute atomic E-state index is 0.0550. The second-order valence-corrected chi connectivity index (χ2v) is 7.36. The van der Waals surface area contributed by atoms with Crippen molar-refractivity contribution in [3.8, 4) is 0 Å². The molecule has 0 aliphatic carbocycles. The number of carbonyl (C=O) groups is 1. The van der Waals surface area contributed by atoms with E-state index >= 15 is 0 Å². The number of amides is 1. The third-order valence-electron chi connectivity index (χ3n) is 4.93. The Balaban J connectivity index is 1.57. The molecule has 1 aliphatic heterocycles. The summed E-state index contributed by atoms with van der Waals surface area (Å²) in [7, 11) is 1.84. The maximum absolute atomic E-state index is 12.9. The van der Waals surface area contributed by atoms with E-state index in [0.717, 1.165) is 35.5 Å². The highest BCUT2D eigenvalue weighted by Gasteiger charge is 2.32. The smallest absolute Gasteiger partial charge is 0.247 e. The molecule has 3 aromatic heterocycles. The van der Waals surface area contributed by atoms with Crippen molar-refractivity contribution in [2.24, 2.45) is 7.05 Å². The van der Waals surface area contributed by atoms with Crippen molar-refractivity contribution in [3.05, 3.63) is 59.6 Å². The van der Waals surface area contributed by atoms with Crippen LogP contribution in [0.15, 0.2) is 36.9 Å². The first-order chi connectivity index (χ1) is 14.5. The Labute approximate surface area is 174 Å². The summed E-state index contributed by atoms with van der Waals surface area (Å²) in [6, 6.07) is 1.76. The van der Waals surface area contributed by atoms with Crippen molar-refractivity contribution in [2.75, 3.05) is 11.9 Å². The Morgan fingerprint density at radius 2 is 1.97 bits per heavy atom. The molecule has 9 nitrogen and oxygen atoms in total. The van der Waals surface area contributed by atoms with Crippen LogP contribution in [-0.4, -0.2) is 47.1 Å². The Morgan fingerprint density at radius 1 is 1.20 bits per heavy atom. The summed E-state index contributed by atoms with van der Waals surface area (Å²) in [5, 5.41) is 7.31. The largest absolute Gasteiger partial charge is 0.330 e. The molecule has 1 aliphatic rings. The van der Waals surface area contributed by atoms with E-state index in [4.69, 9.17) is 0 Å². The lowest BCUT2D eigenvalue weighted by molar-refractivity contribution is -0.126. The highest BCUT2D eigenvalue weighted by Crippen LogP contribution is 2.34. The number of aryl methyl sites for hydroxylation is 3. The van der Waals surface area contributed by atoms with Gasteiger partial charge in [0.2, 0.25) is 11.9 Å². The van der Waals surface area contributed by atoms with Gasteiger partial charge >= 0.3 is 0 Å². The summed E-state index contributed by atoms with van der Waals surface area (Å²) in [6.45, 7) is 4.52. The molecular weight excluding hydrogens is 380 g/mol. The van der Waals surface area contributed by atoms with Crippen LogP contribution in [0.2, 0.25) is 0 Å². The molecule has 0 bridgehead atoms. The molecule has 1 saturated heterocycles. The third kappa shape index (κ3) is 4.35. The van der Waals surface area contributed by atoms with E-state index in [2.05, 4.69) is 30.4 Å². The second kappa shape index (κ2) is 8.40. The average molecular weight is 404 g/mol. The quantitative estimate of drug-likeness (QED) is 0.652. The molecule has 1 atom stereocenters. The van der Waals surface area contributed by atoms with Crippen LogP contribution in [0.4, 0.5) is 11.8 Å². The first-order valence-electron chi connectivity index (χ1n) is 9.87. The molecule has 9 heteroatoms. The molecule has 1 N–H and O–H groups in total. The molecule has 4 rings (SSSR count). The lowest BCUT2D eigenvalue weighted by atomic mass is 10.1. The van der Waals surface area contributed by atoms with Gasteiger partial charge in [-0.25, -0.2) is 15.0 Å². The Hall–Kier alpha value is -3.62. The fraction of sp³-hybridized carbons (Fsp3) is 0.333. The molecule has 3 aromatic rings. The van der Waals surface area contributed by atoms with Crippen LogP contribution in [-0.2, 0) is 11.8 Å². The van der Waals surface area contributed by atoms with E-state index in [-0.39, 0.29) is 11.9 Å². The molecule has 1 unspecified atom stereocenters. The van der Waals surface area contributed by atoms with E-state index in [1.54, 1.807) is 35.4 Å². The number of nitrogens with one attached hydrogen (secondary N) is 1. The van der Waals surface area contributed by atoms with Crippen LogP contribution < -0.4 is 5.32 Å². The highest BCUT2D eigenvalue weighted by atomic mass is 16.2. The van der Waals surface area contributed by atoms with E-state index in [0.29, 0.717) is 18.3 Å². The molecule has 4 heterocycles. The standard InChI is InChI=1S/C21H24N8O/c1-14-11-15(2)26-21(25-14)27-20-19(22-8-9-23-20)17-5-4-10-29(17)18(30)7-6-16-12-24-28(3)13-16/h6-9,11-13,17H,4-5,10H2,1-3H3,(H,23,25,26,27)/b7-6+. The van der Waals surface area contributed by atoms with Gasteiger partial charge in [0.05, 0.1) is 12.2 Å². The van der Waals surface area contributed by atoms with Crippen molar-refractivity contribution >= 4 is 23.7 Å². The van der Waals surface area contributed by atoms with E-state index < -0.39 is 0 Å². The predicted octanol–water partition coefficient (Wildman–Crippen LogP) is 2.74. The Morgan fingerprint density at radius 3 is 2.70 bits per heavy atom. The number of aromatic nitrogens is 6. The zero-order chi connectivity index (χ0) is 21.1. The monoisotopic (exact) mass is 404 g/mol. The first-order valence-corrected chi connectivity index (χ1v) is 9.87. The fourth-order valence-corrected chi connectivity index (χ4v) is 3.68. The molecule has 1 amide bonds. The van der Waals surface area contributed by atoms with Gasteiger partial charge in [-0.15, -0.1) is 0 Å². The lowest BCUT2D eigenvalue weighted by Gasteiger charge is -2.24. The summed E-state index contributed by atoms with van der Waals surface area (Å²) in [4.78, 5) is 32.6. The number of anilines is 2. The van der Waals surface area contributed by atoms with Gasteiger partial charge in [-0.05, 0) is 38.8 Å². The third-order valence-corrected chi connectivity index (χ3v) is 4.93. The SMILES string of the molecule is Cc1cc(C)nc(Nc2nccnc2C2CCCN2C(=O)/C=C/c2cnn(C)c2)n1. The summed E-state index contributed by atoms with van der Waals surface area (Å²) in [5.74, 6) is 0.991. The van der Waals surface area contributed by atoms with Crippen molar-refractivity contribution < 1.29 is 4.79 Å². The number of hydrogen-bond acceptors (Lipinski definition) is 7. The zero-order valence-electron chi connectivity index (χ0n) is 17.3. The molecule has 30 heavy (non-hydrogen) atoms. The number of likely N-dealkylation sites (tertiary alicyclic amines) is 1. The molecule has 0 saturated carbocycles. The maximum atomic E-state index is 12.9. The number of nitrogens with zero attached hydrogens (tertiary/aromatic N) is 7. The van der Waals surface area contributed by atoms with Crippen LogP contribution in [0.25, 0.3) is 6.08 Å². The summed E-state index contributed by atoms with van der Waals surface area (Å²) < 4.78 is 1.70. The number of rotatable bonds is 5. The lowest BCUT2D eigenvalue weighted by Crippen LogP contribution is -2.30. The normalized spacial score (nSPS) is 16.4. The van der Waals surface area contributed by atoms with Gasteiger partial charge in [0.25, 0.3) is 0 Å². The topological polar surface area (TPSA) is 102 Å². The van der Waals surface area contributed by atoms with Crippen molar-refractivity contribution in [1.82, 2.24) is 34.6 Å². The average Bonchev–Trinajstić information content (AvgIpc) is 3.35. The molecule has 0 radical (unpaired) electrons. The van der Waals surface area contributed by atoms with Crippen LogP contribution >= 0.6 is 0 Å². The molecular formula is C21H24N8O. The van der Waals surface area contributed by atoms with Crippen molar-refractivity contribution in [2.45, 2.75) is 32.7 Å². The van der Waals surface area contributed by atoms with E-state index in [1.165, 1.54) is 0 Å². The molecule has 0 aromatic carbocycles. The summed E-state index contributed by atoms with van der Waals surface area (Å²) in [6.07, 6.45) is 12.0.